The zero-order chi connectivity index (χ0) is 26.3. The second-order valence-electron chi connectivity index (χ2n) is 11.6. The number of carbonyl (C=O) groups excluding carboxylic acids is 2. The number of ketones is 1. The Morgan fingerprint density at radius 2 is 1.82 bits per heavy atom. The highest BCUT2D eigenvalue weighted by molar-refractivity contribution is 7.73. The van der Waals surface area contributed by atoms with Gasteiger partial charge in [0.05, 0.1) is 29.8 Å². The van der Waals surface area contributed by atoms with Crippen LogP contribution in [0.2, 0.25) is 0 Å². The van der Waals surface area contributed by atoms with Gasteiger partial charge in [0, 0.05) is 18.3 Å². The lowest BCUT2D eigenvalue weighted by Gasteiger charge is -2.66. The lowest BCUT2D eigenvalue weighted by Crippen LogP contribution is -2.72. The summed E-state index contributed by atoms with van der Waals surface area (Å²) in [4.78, 5) is 28.0. The summed E-state index contributed by atoms with van der Waals surface area (Å²) >= 11 is -2.61. The topological polar surface area (TPSA) is 134 Å². The maximum absolute atomic E-state index is 13.6. The third kappa shape index (κ3) is 5.63. The molecule has 0 spiro atoms. The van der Waals surface area contributed by atoms with Gasteiger partial charge < -0.3 is 14.6 Å². The van der Waals surface area contributed by atoms with Crippen LogP contribution in [0.1, 0.15) is 60.3 Å². The van der Waals surface area contributed by atoms with Crippen LogP contribution in [-0.4, -0.2) is 79.1 Å². The van der Waals surface area contributed by atoms with Crippen molar-refractivity contribution in [1.29, 1.82) is 0 Å². The largest absolute Gasteiger partial charge is 0.461 e. The van der Waals surface area contributed by atoms with Gasteiger partial charge in [-0.3, -0.25) is 23.6 Å². The van der Waals surface area contributed by atoms with Gasteiger partial charge in [0.15, 0.2) is 0 Å². The number of likely N-dealkylation sites (N-methyl/N-ethyl adjacent to an activating group) is 1. The van der Waals surface area contributed by atoms with Crippen molar-refractivity contribution in [2.45, 2.75) is 83.7 Å². The van der Waals surface area contributed by atoms with Crippen molar-refractivity contribution in [3.8, 4) is 0 Å². The molecule has 3 N–H and O–H groups in total. The van der Waals surface area contributed by atoms with E-state index >= 15 is 0 Å². The first kappa shape index (κ1) is 29.1. The summed E-state index contributed by atoms with van der Waals surface area (Å²) in [6, 6.07) is 0. The van der Waals surface area contributed by atoms with Crippen molar-refractivity contribution in [3.05, 3.63) is 12.7 Å². The second kappa shape index (κ2) is 10.1. The normalized spacial score (nSPS) is 41.1. The van der Waals surface area contributed by atoms with Crippen LogP contribution in [0.15, 0.2) is 12.7 Å². The number of fused-ring (bicyclic) bond motifs is 3. The molecule has 1 heterocycles. The number of aliphatic hydroxyl groups excluding tert-OH is 1. The van der Waals surface area contributed by atoms with Gasteiger partial charge in [-0.1, -0.05) is 26.8 Å². The van der Waals surface area contributed by atoms with E-state index in [1.165, 1.54) is 0 Å². The zero-order valence-corrected chi connectivity index (χ0v) is 22.2. The molecule has 7 atom stereocenters. The highest BCUT2D eigenvalue weighted by Gasteiger charge is 2.70. The van der Waals surface area contributed by atoms with Crippen molar-refractivity contribution >= 4 is 23.1 Å². The molecule has 2 saturated carbocycles. The van der Waals surface area contributed by atoms with Crippen LogP contribution in [0.3, 0.4) is 0 Å². The number of nitrogens with zero attached hydrogens (tertiary/aromatic N) is 1. The SMILES string of the molecule is C=C[C@@]1(C)CC(=O)[C@@H]2[C@@]3(C)C(OC(=O)CN(C)C)CCC(C)(C)[C@@H]3[C@H](O)C[C@@]2(C)O1.O=S(O)O. The first-order chi connectivity index (χ1) is 15.4. The van der Waals surface area contributed by atoms with E-state index in [1.54, 1.807) is 11.0 Å². The third-order valence-electron chi connectivity index (χ3n) is 7.95. The molecule has 1 aliphatic heterocycles. The molecule has 0 amide bonds. The first-order valence-electron chi connectivity index (χ1n) is 11.6. The van der Waals surface area contributed by atoms with E-state index in [0.29, 0.717) is 12.8 Å². The summed E-state index contributed by atoms with van der Waals surface area (Å²) in [7, 11) is 3.65. The molecule has 10 heteroatoms. The molecule has 0 aromatic carbocycles. The molecule has 0 bridgehead atoms. The first-order valence-corrected chi connectivity index (χ1v) is 12.7. The van der Waals surface area contributed by atoms with Crippen LogP contribution in [0.25, 0.3) is 0 Å². The molecule has 3 fully saturated rings. The van der Waals surface area contributed by atoms with Crippen LogP contribution in [-0.2, 0) is 30.4 Å². The van der Waals surface area contributed by atoms with Gasteiger partial charge in [0.25, 0.3) is 11.4 Å². The number of ether oxygens (including phenoxy) is 2. The van der Waals surface area contributed by atoms with Gasteiger partial charge in [0.2, 0.25) is 0 Å². The fraction of sp³-hybridized carbons (Fsp3) is 0.833. The summed E-state index contributed by atoms with van der Waals surface area (Å²) in [6.07, 6.45) is 2.72. The monoisotopic (exact) mass is 503 g/mol. The number of rotatable bonds is 4. The summed E-state index contributed by atoms with van der Waals surface area (Å²) < 4.78 is 35.4. The lowest BCUT2D eigenvalue weighted by atomic mass is 9.42. The summed E-state index contributed by atoms with van der Waals surface area (Å²) in [6.45, 7) is 14.2. The van der Waals surface area contributed by atoms with Gasteiger partial charge in [-0.2, -0.15) is 4.21 Å². The van der Waals surface area contributed by atoms with Gasteiger partial charge in [-0.25, -0.2) is 0 Å². The van der Waals surface area contributed by atoms with E-state index in [4.69, 9.17) is 22.8 Å². The zero-order valence-electron chi connectivity index (χ0n) is 21.4. The quantitative estimate of drug-likeness (QED) is 0.301. The Bertz CT molecular complexity index is 828. The van der Waals surface area contributed by atoms with Crippen molar-refractivity contribution in [2.24, 2.45) is 22.7 Å². The predicted molar refractivity (Wildman–Crippen MR) is 128 cm³/mol. The van der Waals surface area contributed by atoms with Crippen LogP contribution < -0.4 is 0 Å². The Kier molecular flexibility index (Phi) is 8.60. The van der Waals surface area contributed by atoms with E-state index in [0.717, 1.165) is 6.42 Å². The minimum absolute atomic E-state index is 0.108. The molecule has 0 aromatic heterocycles. The summed E-state index contributed by atoms with van der Waals surface area (Å²) in [5.41, 5.74) is -2.50. The molecule has 3 rings (SSSR count). The highest BCUT2D eigenvalue weighted by Crippen LogP contribution is 2.65. The Morgan fingerprint density at radius 1 is 1.26 bits per heavy atom. The Balaban J connectivity index is 0.000000945. The molecule has 34 heavy (non-hydrogen) atoms. The third-order valence-corrected chi connectivity index (χ3v) is 7.95. The van der Waals surface area contributed by atoms with E-state index in [2.05, 4.69) is 20.4 Å². The predicted octanol–water partition coefficient (Wildman–Crippen LogP) is 2.66. The maximum atomic E-state index is 13.6. The number of carbonyl (C=O) groups is 2. The van der Waals surface area contributed by atoms with E-state index in [1.807, 2.05) is 34.9 Å². The number of hydrogen-bond donors (Lipinski definition) is 3. The average molecular weight is 504 g/mol. The van der Waals surface area contributed by atoms with Gasteiger partial charge in [0.1, 0.15) is 11.9 Å². The second-order valence-corrected chi connectivity index (χ2v) is 12.1. The van der Waals surface area contributed by atoms with Crippen molar-refractivity contribution < 1.29 is 37.5 Å². The smallest absolute Gasteiger partial charge is 0.320 e. The number of Topliss-reactive ketones (excluding diaryl/α,β-unsaturated/α-hetero) is 1. The number of aliphatic hydroxyl groups is 1. The molecule has 1 saturated heterocycles. The van der Waals surface area contributed by atoms with Crippen LogP contribution >= 0.6 is 0 Å². The molecule has 9 nitrogen and oxygen atoms in total. The molecule has 196 valence electrons. The van der Waals surface area contributed by atoms with Crippen LogP contribution in [0, 0.1) is 22.7 Å². The Morgan fingerprint density at radius 3 is 2.32 bits per heavy atom. The molecular formula is C24H41NO8S. The lowest BCUT2D eigenvalue weighted by molar-refractivity contribution is -0.285. The standard InChI is InChI=1S/C24H39NO5.H2O3S/c1-9-22(4)12-15(26)20-23(5,30-22)13-16(27)19-21(2,3)11-10-17(24(19,20)6)29-18(28)14-25(7)8;1-4(2)3/h9,16-17,19-20,27H,1,10-14H2,2-8H3;(H2,1,2,3)/t16-,17?,19+,20+,22+,23-,24+;/m1./s1. The van der Waals surface area contributed by atoms with Gasteiger partial charge in [-0.05, 0) is 52.1 Å². The van der Waals surface area contributed by atoms with E-state index < -0.39 is 46.1 Å². The molecular weight excluding hydrogens is 462 g/mol. The van der Waals surface area contributed by atoms with E-state index in [9.17, 15) is 14.7 Å². The molecule has 2 aliphatic carbocycles. The van der Waals surface area contributed by atoms with Crippen LogP contribution in [0.5, 0.6) is 0 Å². The minimum Gasteiger partial charge on any atom is -0.461 e. The highest BCUT2D eigenvalue weighted by atomic mass is 32.2. The maximum Gasteiger partial charge on any atom is 0.320 e. The van der Waals surface area contributed by atoms with Crippen LogP contribution in [0.4, 0.5) is 0 Å². The molecule has 0 radical (unpaired) electrons. The molecule has 1 unspecified atom stereocenters. The van der Waals surface area contributed by atoms with Crippen molar-refractivity contribution in [3.63, 3.8) is 0 Å². The fourth-order valence-corrected chi connectivity index (χ4v) is 7.18. The summed E-state index contributed by atoms with van der Waals surface area (Å²) in [5.74, 6) is -0.818. The number of hydrogen-bond acceptors (Lipinski definition) is 7. The van der Waals surface area contributed by atoms with Crippen molar-refractivity contribution in [1.82, 2.24) is 4.90 Å². The fourth-order valence-electron chi connectivity index (χ4n) is 7.18. The molecule has 3 aliphatic rings. The number of esters is 1. The van der Waals surface area contributed by atoms with Gasteiger partial charge in [-0.15, -0.1) is 6.58 Å². The summed E-state index contributed by atoms with van der Waals surface area (Å²) in [5, 5.41) is 11.4. The van der Waals surface area contributed by atoms with Crippen molar-refractivity contribution in [2.75, 3.05) is 20.6 Å². The Labute approximate surface area is 205 Å². The average Bonchev–Trinajstić information content (AvgIpc) is 2.61. The van der Waals surface area contributed by atoms with Gasteiger partial charge >= 0.3 is 5.97 Å². The minimum atomic E-state index is -2.61. The van der Waals surface area contributed by atoms with E-state index in [-0.39, 0.29) is 36.1 Å². The Hall–Kier alpha value is -1.17. The molecule has 0 aromatic rings.